The molecule has 34 heavy (non-hydrogen) atoms. The molecule has 0 radical (unpaired) electrons. The van der Waals surface area contributed by atoms with Crippen LogP contribution in [0.5, 0.6) is 0 Å². The van der Waals surface area contributed by atoms with E-state index in [0.29, 0.717) is 0 Å². The van der Waals surface area contributed by atoms with Crippen molar-refractivity contribution in [2.24, 2.45) is 5.92 Å². The minimum Gasteiger partial charge on any atom is -1.00 e. The molecule has 0 aliphatic rings. The van der Waals surface area contributed by atoms with Crippen molar-refractivity contribution in [1.29, 1.82) is 0 Å². The molecule has 0 aliphatic heterocycles. The Morgan fingerprint density at radius 3 is 1.03 bits per heavy atom. The Kier molecular flexibility index (Phi) is 51.4. The maximum absolute atomic E-state index is 4.83. The topological polar surface area (TPSA) is 9.23 Å². The molecule has 0 aliphatic carbocycles. The van der Waals surface area contributed by atoms with Crippen LogP contribution in [0.25, 0.3) is 0 Å². The third-order valence-corrected chi connectivity index (χ3v) is 6.70. The van der Waals surface area contributed by atoms with E-state index in [0.717, 1.165) is 25.6 Å². The van der Waals surface area contributed by atoms with Gasteiger partial charge in [-0.15, -0.1) is 0 Å². The van der Waals surface area contributed by atoms with Crippen molar-refractivity contribution in [3.8, 4) is 0 Å². The fourth-order valence-electron chi connectivity index (χ4n) is 4.56. The van der Waals surface area contributed by atoms with Crippen molar-refractivity contribution in [2.75, 3.05) is 13.2 Å². The van der Waals surface area contributed by atoms with Crippen LogP contribution < -0.4 is 17.0 Å². The van der Waals surface area contributed by atoms with Crippen LogP contribution in [-0.4, -0.2) is 36.3 Å². The normalized spacial score (nSPS) is 11.2. The first-order chi connectivity index (χ1) is 15.8. The van der Waals surface area contributed by atoms with Crippen molar-refractivity contribution in [3.05, 3.63) is 6.92 Å². The molecule has 0 saturated carbocycles. The summed E-state index contributed by atoms with van der Waals surface area (Å²) in [7, 11) is 0. The van der Waals surface area contributed by atoms with E-state index in [1.165, 1.54) is 141 Å². The van der Waals surface area contributed by atoms with Gasteiger partial charge in [0.25, 0.3) is 0 Å². The largest absolute Gasteiger partial charge is 2.00 e. The van der Waals surface area contributed by atoms with E-state index in [1.54, 1.807) is 0 Å². The second-order valence-corrected chi connectivity index (χ2v) is 9.88. The van der Waals surface area contributed by atoms with Gasteiger partial charge in [-0.1, -0.05) is 155 Å². The molecule has 1 nitrogen and oxygen atoms in total. The Bertz CT molecular complexity index is 299. The molecular weight excluding hydrogens is 493 g/mol. The Balaban J connectivity index is -0.000000578. The molecule has 0 spiro atoms. The van der Waals surface area contributed by atoms with E-state index < -0.39 is 0 Å². The Morgan fingerprint density at radius 1 is 0.471 bits per heavy atom. The fourth-order valence-corrected chi connectivity index (χ4v) is 4.56. The summed E-state index contributed by atoms with van der Waals surface area (Å²) in [4.78, 5) is 0. The SMILES string of the molecule is CCOCC.[Br-].[CH2-]CCCC(CCCCCCCCCC)CCCCCCCCCCCC.[Mg+2]. The molecule has 0 fully saturated rings. The van der Waals surface area contributed by atoms with Gasteiger partial charge >= 0.3 is 23.1 Å². The van der Waals surface area contributed by atoms with Crippen LogP contribution in [0.2, 0.25) is 0 Å². The molecule has 0 rings (SSSR count). The van der Waals surface area contributed by atoms with Gasteiger partial charge < -0.3 is 28.6 Å². The molecule has 1 atom stereocenters. The molecule has 0 aromatic heterocycles. The molecule has 1 unspecified atom stereocenters. The van der Waals surface area contributed by atoms with Gasteiger partial charge in [0.05, 0.1) is 0 Å². The Morgan fingerprint density at radius 2 is 0.765 bits per heavy atom. The van der Waals surface area contributed by atoms with E-state index in [9.17, 15) is 0 Å². The second-order valence-electron chi connectivity index (χ2n) is 9.88. The van der Waals surface area contributed by atoms with Gasteiger partial charge in [0.2, 0.25) is 0 Å². The quantitative estimate of drug-likeness (QED) is 0.0626. The summed E-state index contributed by atoms with van der Waals surface area (Å²) < 4.78 is 4.83. The molecule has 0 heterocycles. The van der Waals surface area contributed by atoms with E-state index in [1.807, 2.05) is 13.8 Å². The van der Waals surface area contributed by atoms with Crippen LogP contribution in [0, 0.1) is 12.8 Å². The van der Waals surface area contributed by atoms with Gasteiger partial charge in [-0.25, -0.2) is 0 Å². The van der Waals surface area contributed by atoms with Crippen molar-refractivity contribution in [2.45, 2.75) is 175 Å². The zero-order chi connectivity index (χ0) is 24.0. The second kappa shape index (κ2) is 41.3. The van der Waals surface area contributed by atoms with Crippen molar-refractivity contribution in [1.82, 2.24) is 0 Å². The van der Waals surface area contributed by atoms with Gasteiger partial charge in [0.15, 0.2) is 0 Å². The molecule has 204 valence electrons. The molecule has 0 N–H and O–H groups in total. The minimum atomic E-state index is 0. The molecular formula is C31H65BrMgO. The smallest absolute Gasteiger partial charge is 1.00 e. The number of hydrogen-bond donors (Lipinski definition) is 0. The average molecular weight is 558 g/mol. The number of rotatable bonds is 25. The minimum absolute atomic E-state index is 0. The fraction of sp³-hybridized carbons (Fsp3) is 0.968. The summed E-state index contributed by atoms with van der Waals surface area (Å²) in [5.74, 6) is 1.00. The van der Waals surface area contributed by atoms with Gasteiger partial charge in [-0.2, -0.15) is 6.42 Å². The first kappa shape index (κ1) is 42.3. The Labute approximate surface area is 245 Å². The summed E-state index contributed by atoms with van der Waals surface area (Å²) in [6.45, 7) is 14.3. The summed E-state index contributed by atoms with van der Waals surface area (Å²) >= 11 is 0. The number of ether oxygens (including phenoxy) is 1. The first-order valence-corrected chi connectivity index (χ1v) is 15.1. The van der Waals surface area contributed by atoms with Gasteiger partial charge in [0, 0.05) is 13.2 Å². The predicted molar refractivity (Wildman–Crippen MR) is 154 cm³/mol. The maximum atomic E-state index is 4.83. The van der Waals surface area contributed by atoms with Crippen LogP contribution in [0.15, 0.2) is 0 Å². The molecule has 0 aromatic carbocycles. The van der Waals surface area contributed by atoms with Crippen LogP contribution in [0.4, 0.5) is 0 Å². The molecule has 0 bridgehead atoms. The predicted octanol–water partition coefficient (Wildman–Crippen LogP) is 8.11. The molecule has 0 aromatic rings. The monoisotopic (exact) mass is 556 g/mol. The number of halogens is 1. The zero-order valence-electron chi connectivity index (χ0n) is 24.5. The van der Waals surface area contributed by atoms with Crippen LogP contribution in [0.3, 0.4) is 0 Å². The summed E-state index contributed by atoms with van der Waals surface area (Å²) in [5, 5.41) is 0. The van der Waals surface area contributed by atoms with E-state index in [-0.39, 0.29) is 40.0 Å². The zero-order valence-corrected chi connectivity index (χ0v) is 27.5. The first-order valence-electron chi connectivity index (χ1n) is 15.1. The van der Waals surface area contributed by atoms with Gasteiger partial charge in [-0.3, -0.25) is 0 Å². The molecule has 0 amide bonds. The number of unbranched alkanes of at least 4 members (excludes halogenated alkanes) is 17. The van der Waals surface area contributed by atoms with E-state index in [4.69, 9.17) is 4.74 Å². The van der Waals surface area contributed by atoms with Crippen molar-refractivity contribution in [3.63, 3.8) is 0 Å². The maximum Gasteiger partial charge on any atom is 2.00 e. The average Bonchev–Trinajstić information content (AvgIpc) is 2.80. The van der Waals surface area contributed by atoms with Crippen molar-refractivity contribution < 1.29 is 21.7 Å². The molecule has 3 heteroatoms. The number of hydrogen-bond acceptors (Lipinski definition) is 1. The van der Waals surface area contributed by atoms with E-state index in [2.05, 4.69) is 20.8 Å². The summed E-state index contributed by atoms with van der Waals surface area (Å²) in [5.41, 5.74) is 0. The summed E-state index contributed by atoms with van der Waals surface area (Å²) in [6.07, 6.45) is 33.2. The van der Waals surface area contributed by atoms with Gasteiger partial charge in [0.1, 0.15) is 0 Å². The standard InChI is InChI=1S/C27H55.C4H10O.BrH.Mg/c1-4-7-10-12-14-16-17-19-21-23-26-27(24-9-6-3)25-22-20-18-15-13-11-8-5-2;1-3-5-4-2;;/h27H,3-26H2,1-2H3;3-4H2,1-2H3;1H;/q-1;;;+2/p-1. The van der Waals surface area contributed by atoms with Gasteiger partial charge in [-0.05, 0) is 19.8 Å². The summed E-state index contributed by atoms with van der Waals surface area (Å²) in [6, 6.07) is 0. The third kappa shape index (κ3) is 40.4. The third-order valence-electron chi connectivity index (χ3n) is 6.70. The van der Waals surface area contributed by atoms with Crippen LogP contribution >= 0.6 is 0 Å². The van der Waals surface area contributed by atoms with E-state index >= 15 is 0 Å². The van der Waals surface area contributed by atoms with Crippen molar-refractivity contribution >= 4 is 23.1 Å². The molecule has 0 saturated heterocycles. The van der Waals surface area contributed by atoms with Crippen LogP contribution in [-0.2, 0) is 4.74 Å². The Hall–Kier alpha value is 1.21. The van der Waals surface area contributed by atoms with Crippen LogP contribution in [0.1, 0.15) is 175 Å².